The smallest absolute Gasteiger partial charge is 0.317 e. The van der Waals surface area contributed by atoms with Crippen LogP contribution in [-0.2, 0) is 17.6 Å². The van der Waals surface area contributed by atoms with Crippen molar-refractivity contribution in [2.75, 3.05) is 46.3 Å². The Morgan fingerprint density at radius 1 is 1.06 bits per heavy atom. The molecule has 0 bridgehead atoms. The lowest BCUT2D eigenvalue weighted by Gasteiger charge is -2.40. The van der Waals surface area contributed by atoms with Crippen molar-refractivity contribution >= 4 is 23.5 Å². The lowest BCUT2D eigenvalue weighted by Crippen LogP contribution is -2.51. The molecule has 2 unspecified atom stereocenters. The molecule has 7 nitrogen and oxygen atoms in total. The van der Waals surface area contributed by atoms with Crippen molar-refractivity contribution < 1.29 is 9.59 Å². The third-order valence-corrected chi connectivity index (χ3v) is 8.00. The first kappa shape index (κ1) is 24.1. The van der Waals surface area contributed by atoms with Gasteiger partial charge in [0.15, 0.2) is 0 Å². The van der Waals surface area contributed by atoms with Crippen LogP contribution in [0.1, 0.15) is 47.7 Å². The van der Waals surface area contributed by atoms with Crippen molar-refractivity contribution in [3.05, 3.63) is 63.9 Å². The van der Waals surface area contributed by atoms with Crippen LogP contribution in [0.25, 0.3) is 0 Å². The number of hydrogen-bond acceptors (Lipinski definition) is 4. The molecule has 0 saturated carbocycles. The van der Waals surface area contributed by atoms with E-state index in [-0.39, 0.29) is 23.9 Å². The number of urea groups is 1. The number of aromatic nitrogens is 1. The molecule has 1 aromatic heterocycles. The minimum atomic E-state index is -0.0466. The standard InChI is InChI=1S/C27H34ClN5O2/c1-29-27(35)33-11-3-4-19(18-33)16-24(34)31-12-14-32(15-13-31)26-23-9-8-22(28)17-21(23)7-6-20-5-2-10-30-25(20)26/h2,5,8-10,17,19,26H,3-4,6-7,11-16,18H2,1H3,(H,29,35). The summed E-state index contributed by atoms with van der Waals surface area (Å²) in [5, 5.41) is 3.48. The number of piperazine rings is 1. The van der Waals surface area contributed by atoms with E-state index >= 15 is 0 Å². The van der Waals surface area contributed by atoms with E-state index < -0.39 is 0 Å². The van der Waals surface area contributed by atoms with E-state index in [2.05, 4.69) is 28.4 Å². The van der Waals surface area contributed by atoms with Gasteiger partial charge in [0.2, 0.25) is 5.91 Å². The van der Waals surface area contributed by atoms with Crippen molar-refractivity contribution in [2.45, 2.75) is 38.1 Å². The van der Waals surface area contributed by atoms with Gasteiger partial charge in [-0.2, -0.15) is 0 Å². The van der Waals surface area contributed by atoms with Gasteiger partial charge in [0.25, 0.3) is 0 Å². The molecule has 2 aromatic rings. The minimum absolute atomic E-state index is 0.0466. The molecular formula is C27H34ClN5O2. The molecule has 0 radical (unpaired) electrons. The number of hydrogen-bond donors (Lipinski definition) is 1. The highest BCUT2D eigenvalue weighted by molar-refractivity contribution is 6.30. The predicted molar refractivity (Wildman–Crippen MR) is 136 cm³/mol. The van der Waals surface area contributed by atoms with Crippen LogP contribution in [-0.4, -0.2) is 77.9 Å². The van der Waals surface area contributed by atoms with Crippen molar-refractivity contribution in [3.63, 3.8) is 0 Å². The molecule has 2 atom stereocenters. The molecule has 186 valence electrons. The number of nitrogens with one attached hydrogen (secondary N) is 1. The van der Waals surface area contributed by atoms with Crippen LogP contribution in [0.15, 0.2) is 36.5 Å². The number of piperidine rings is 1. The molecule has 1 aromatic carbocycles. The number of nitrogens with zero attached hydrogens (tertiary/aromatic N) is 4. The summed E-state index contributed by atoms with van der Waals surface area (Å²) in [6.07, 6.45) is 6.28. The Kier molecular flexibility index (Phi) is 7.25. The van der Waals surface area contributed by atoms with Crippen LogP contribution in [0.3, 0.4) is 0 Å². The Morgan fingerprint density at radius 2 is 1.86 bits per heavy atom. The second-order valence-corrected chi connectivity index (χ2v) is 10.4. The topological polar surface area (TPSA) is 68.8 Å². The molecule has 2 saturated heterocycles. The molecule has 2 fully saturated rings. The van der Waals surface area contributed by atoms with Crippen LogP contribution in [0.4, 0.5) is 4.79 Å². The fraction of sp³-hybridized carbons (Fsp3) is 0.519. The van der Waals surface area contributed by atoms with Gasteiger partial charge in [-0.05, 0) is 66.5 Å². The molecule has 3 aliphatic rings. The Labute approximate surface area is 212 Å². The Bertz CT molecular complexity index is 1080. The molecule has 5 rings (SSSR count). The number of benzene rings is 1. The average Bonchev–Trinajstić information content (AvgIpc) is 3.05. The van der Waals surface area contributed by atoms with Gasteiger partial charge in [-0.25, -0.2) is 4.79 Å². The van der Waals surface area contributed by atoms with Gasteiger partial charge in [0.1, 0.15) is 0 Å². The summed E-state index contributed by atoms with van der Waals surface area (Å²) in [5.74, 6) is 0.445. The molecule has 0 spiro atoms. The minimum Gasteiger partial charge on any atom is -0.341 e. The first-order valence-electron chi connectivity index (χ1n) is 12.7. The lowest BCUT2D eigenvalue weighted by molar-refractivity contribution is -0.134. The zero-order chi connectivity index (χ0) is 24.4. The third-order valence-electron chi connectivity index (χ3n) is 7.76. The van der Waals surface area contributed by atoms with E-state index in [4.69, 9.17) is 16.6 Å². The average molecular weight is 496 g/mol. The van der Waals surface area contributed by atoms with E-state index in [1.54, 1.807) is 7.05 Å². The van der Waals surface area contributed by atoms with Crippen molar-refractivity contribution in [3.8, 4) is 0 Å². The molecule has 8 heteroatoms. The SMILES string of the molecule is CNC(=O)N1CCCC(CC(=O)N2CCN(C3c4ccc(Cl)cc4CCc4cccnc43)CC2)C1. The Hall–Kier alpha value is -2.64. The fourth-order valence-electron chi connectivity index (χ4n) is 5.93. The number of aryl methyl sites for hydroxylation is 2. The Balaban J connectivity index is 1.27. The summed E-state index contributed by atoms with van der Waals surface area (Å²) in [4.78, 5) is 36.3. The zero-order valence-corrected chi connectivity index (χ0v) is 21.1. The number of carbonyl (C=O) groups excluding carboxylic acids is 2. The predicted octanol–water partition coefficient (Wildman–Crippen LogP) is 3.51. The van der Waals surface area contributed by atoms with E-state index in [0.29, 0.717) is 26.1 Å². The number of fused-ring (bicyclic) bond motifs is 2. The second-order valence-electron chi connectivity index (χ2n) is 9.92. The number of carbonyl (C=O) groups is 2. The summed E-state index contributed by atoms with van der Waals surface area (Å²) in [7, 11) is 1.66. The fourth-order valence-corrected chi connectivity index (χ4v) is 6.13. The maximum Gasteiger partial charge on any atom is 0.317 e. The van der Waals surface area contributed by atoms with Crippen molar-refractivity contribution in [1.29, 1.82) is 0 Å². The lowest BCUT2D eigenvalue weighted by atomic mass is 9.94. The van der Waals surface area contributed by atoms with Gasteiger partial charge < -0.3 is 15.1 Å². The summed E-state index contributed by atoms with van der Waals surface area (Å²) < 4.78 is 0. The van der Waals surface area contributed by atoms with E-state index in [9.17, 15) is 9.59 Å². The quantitative estimate of drug-likeness (QED) is 0.707. The van der Waals surface area contributed by atoms with Crippen LogP contribution in [0.2, 0.25) is 5.02 Å². The van der Waals surface area contributed by atoms with Crippen molar-refractivity contribution in [2.24, 2.45) is 5.92 Å². The maximum absolute atomic E-state index is 13.1. The van der Waals surface area contributed by atoms with Crippen LogP contribution in [0, 0.1) is 5.92 Å². The van der Waals surface area contributed by atoms with Gasteiger partial charge in [-0.3, -0.25) is 14.7 Å². The normalized spacial score (nSPS) is 22.7. The van der Waals surface area contributed by atoms with Gasteiger partial charge in [-0.15, -0.1) is 0 Å². The van der Waals surface area contributed by atoms with Crippen LogP contribution in [0.5, 0.6) is 0 Å². The van der Waals surface area contributed by atoms with Crippen LogP contribution >= 0.6 is 11.6 Å². The van der Waals surface area contributed by atoms with Gasteiger partial charge in [0.05, 0.1) is 11.7 Å². The number of amides is 3. The first-order valence-corrected chi connectivity index (χ1v) is 13.1. The monoisotopic (exact) mass is 495 g/mol. The molecular weight excluding hydrogens is 462 g/mol. The van der Waals surface area contributed by atoms with Gasteiger partial charge in [-0.1, -0.05) is 23.7 Å². The molecule has 3 heterocycles. The Morgan fingerprint density at radius 3 is 2.66 bits per heavy atom. The highest BCUT2D eigenvalue weighted by Gasteiger charge is 2.34. The zero-order valence-electron chi connectivity index (χ0n) is 20.4. The largest absolute Gasteiger partial charge is 0.341 e. The van der Waals surface area contributed by atoms with Gasteiger partial charge >= 0.3 is 6.03 Å². The molecule has 1 N–H and O–H groups in total. The molecule has 35 heavy (non-hydrogen) atoms. The summed E-state index contributed by atoms with van der Waals surface area (Å²) in [5.41, 5.74) is 4.99. The van der Waals surface area contributed by atoms with Gasteiger partial charge in [0, 0.05) is 64.0 Å². The van der Waals surface area contributed by atoms with E-state index in [1.165, 1.54) is 16.7 Å². The van der Waals surface area contributed by atoms with Crippen LogP contribution < -0.4 is 5.32 Å². The molecule has 1 aliphatic carbocycles. The highest BCUT2D eigenvalue weighted by Crippen LogP contribution is 2.37. The summed E-state index contributed by atoms with van der Waals surface area (Å²) in [6, 6.07) is 10.5. The first-order chi connectivity index (χ1) is 17.0. The van der Waals surface area contributed by atoms with E-state index in [1.807, 2.05) is 28.1 Å². The van der Waals surface area contributed by atoms with E-state index in [0.717, 1.165) is 56.0 Å². The molecule has 2 aliphatic heterocycles. The number of rotatable bonds is 3. The number of likely N-dealkylation sites (tertiary alicyclic amines) is 1. The van der Waals surface area contributed by atoms with Crippen molar-refractivity contribution in [1.82, 2.24) is 25.0 Å². The second kappa shape index (κ2) is 10.5. The summed E-state index contributed by atoms with van der Waals surface area (Å²) >= 11 is 6.34. The number of pyridine rings is 1. The number of halogens is 1. The summed E-state index contributed by atoms with van der Waals surface area (Å²) in [6.45, 7) is 4.48. The third kappa shape index (κ3) is 5.16. The maximum atomic E-state index is 13.1. The highest BCUT2D eigenvalue weighted by atomic mass is 35.5. The molecule has 3 amide bonds.